The van der Waals surface area contributed by atoms with E-state index in [0.29, 0.717) is 15.8 Å². The molecule has 218 valence electrons. The molecule has 0 saturated carbocycles. The summed E-state index contributed by atoms with van der Waals surface area (Å²) in [5, 5.41) is 12.3. The summed E-state index contributed by atoms with van der Waals surface area (Å²) < 4.78 is 59.9. The number of nitrogens with one attached hydrogen (secondary N) is 2. The quantitative estimate of drug-likeness (QED) is 0.229. The van der Waals surface area contributed by atoms with Crippen LogP contribution in [-0.4, -0.2) is 66.4 Å². The molecule has 0 aliphatic carbocycles. The number of nitrogens with two attached hydrogens (primary N) is 1. The van der Waals surface area contributed by atoms with Crippen molar-refractivity contribution in [1.82, 2.24) is 14.5 Å². The Morgan fingerprint density at radius 3 is 2.22 bits per heavy atom. The van der Waals surface area contributed by atoms with E-state index in [4.69, 9.17) is 38.2 Å². The number of sulfonamides is 1. The molecule has 41 heavy (non-hydrogen) atoms. The molecule has 4 N–H and O–H groups in total. The number of hydrazone groups is 1. The van der Waals surface area contributed by atoms with Crippen molar-refractivity contribution in [3.63, 3.8) is 0 Å². The zero-order chi connectivity index (χ0) is 29.6. The van der Waals surface area contributed by atoms with Gasteiger partial charge in [-0.25, -0.2) is 28.3 Å². The minimum Gasteiger partial charge on any atom is -0.383 e. The average Bonchev–Trinajstić information content (AvgIpc) is 3.37. The molecular weight excluding hydrogens is 611 g/mol. The van der Waals surface area contributed by atoms with Gasteiger partial charge in [0.05, 0.1) is 36.3 Å². The fourth-order valence-electron chi connectivity index (χ4n) is 4.18. The van der Waals surface area contributed by atoms with Gasteiger partial charge in [0.15, 0.2) is 0 Å². The Labute approximate surface area is 249 Å². The first-order chi connectivity index (χ1) is 19.4. The van der Waals surface area contributed by atoms with Crippen LogP contribution in [0.2, 0.25) is 10.0 Å². The van der Waals surface area contributed by atoms with Crippen LogP contribution in [0.5, 0.6) is 0 Å². The van der Waals surface area contributed by atoms with Crippen LogP contribution in [-0.2, 0) is 25.0 Å². The summed E-state index contributed by atoms with van der Waals surface area (Å²) in [7, 11) is -6.84. The number of rotatable bonds is 10. The second-order valence-electron chi connectivity index (χ2n) is 9.08. The van der Waals surface area contributed by atoms with Crippen molar-refractivity contribution in [2.75, 3.05) is 26.8 Å². The van der Waals surface area contributed by atoms with Crippen molar-refractivity contribution in [3.8, 4) is 0 Å². The predicted molar refractivity (Wildman–Crippen MR) is 160 cm³/mol. The van der Waals surface area contributed by atoms with Crippen LogP contribution < -0.4 is 14.6 Å². The topological polar surface area (TPSA) is 156 Å². The summed E-state index contributed by atoms with van der Waals surface area (Å²) >= 11 is 12.1. The predicted octanol–water partition coefficient (Wildman–Crippen LogP) is 2.94. The van der Waals surface area contributed by atoms with Gasteiger partial charge in [-0.2, -0.15) is 18.2 Å². The Hall–Kier alpha value is -3.04. The number of methoxy groups -OCH3 is 1. The Morgan fingerprint density at radius 1 is 1.02 bits per heavy atom. The fourth-order valence-corrected chi connectivity index (χ4v) is 6.06. The minimum absolute atomic E-state index is 0.0496. The van der Waals surface area contributed by atoms with Crippen LogP contribution >= 0.6 is 23.2 Å². The highest BCUT2D eigenvalue weighted by Crippen LogP contribution is 2.29. The summed E-state index contributed by atoms with van der Waals surface area (Å²) in [6.07, 6.45) is 0. The second kappa shape index (κ2) is 13.3. The molecule has 3 aromatic carbocycles. The first-order valence-corrected chi connectivity index (χ1v) is 16.0. The summed E-state index contributed by atoms with van der Waals surface area (Å²) in [5.41, 5.74) is 2.41. The molecule has 1 aliphatic heterocycles. The molecule has 0 saturated heterocycles. The van der Waals surface area contributed by atoms with Crippen LogP contribution in [0, 0.1) is 0 Å². The lowest BCUT2D eigenvalue weighted by molar-refractivity contribution is 0.177. The third-order valence-electron chi connectivity index (χ3n) is 6.01. The van der Waals surface area contributed by atoms with E-state index in [2.05, 4.69) is 14.4 Å². The van der Waals surface area contributed by atoms with Crippen molar-refractivity contribution in [2.24, 2.45) is 15.2 Å². The van der Waals surface area contributed by atoms with Crippen LogP contribution in [0.3, 0.4) is 0 Å². The largest absolute Gasteiger partial charge is 0.383 e. The fraction of sp³-hybridized carbons (Fsp3) is 0.231. The van der Waals surface area contributed by atoms with E-state index < -0.39 is 26.3 Å². The molecule has 2 atom stereocenters. The van der Waals surface area contributed by atoms with E-state index in [9.17, 15) is 16.8 Å². The molecule has 3 aromatic rings. The van der Waals surface area contributed by atoms with Crippen molar-refractivity contribution >= 4 is 55.1 Å². The maximum Gasteiger partial charge on any atom is 0.274 e. The van der Waals surface area contributed by atoms with E-state index in [1.165, 1.54) is 36.4 Å². The molecule has 0 bridgehead atoms. The number of benzene rings is 3. The van der Waals surface area contributed by atoms with Gasteiger partial charge in [-0.05, 0) is 47.5 Å². The molecule has 0 radical (unpaired) electrons. The van der Waals surface area contributed by atoms with Gasteiger partial charge in [-0.15, -0.1) is 0 Å². The second-order valence-corrected chi connectivity index (χ2v) is 13.0. The molecule has 1 aliphatic rings. The first kappa shape index (κ1) is 30.9. The van der Waals surface area contributed by atoms with Crippen molar-refractivity contribution in [2.45, 2.75) is 16.9 Å². The third-order valence-corrected chi connectivity index (χ3v) is 8.52. The van der Waals surface area contributed by atoms with Gasteiger partial charge in [0.2, 0.25) is 5.96 Å². The Balaban J connectivity index is 1.76. The van der Waals surface area contributed by atoms with Crippen molar-refractivity contribution < 1.29 is 21.6 Å². The molecule has 0 fully saturated rings. The van der Waals surface area contributed by atoms with E-state index in [1.807, 2.05) is 42.5 Å². The van der Waals surface area contributed by atoms with E-state index >= 15 is 0 Å². The monoisotopic (exact) mass is 638 g/mol. The molecule has 4 rings (SSSR count). The zero-order valence-electron chi connectivity index (χ0n) is 21.8. The lowest BCUT2D eigenvalue weighted by Gasteiger charge is -2.21. The van der Waals surface area contributed by atoms with E-state index in [1.54, 1.807) is 12.1 Å². The maximum absolute atomic E-state index is 13.4. The third kappa shape index (κ3) is 8.49. The van der Waals surface area contributed by atoms with Gasteiger partial charge in [0, 0.05) is 23.1 Å². The molecule has 0 amide bonds. The zero-order valence-corrected chi connectivity index (χ0v) is 25.0. The summed E-state index contributed by atoms with van der Waals surface area (Å²) in [6.45, 7) is -0.0361. The first-order valence-electron chi connectivity index (χ1n) is 12.2. The molecule has 15 heteroatoms. The summed E-state index contributed by atoms with van der Waals surface area (Å²) in [4.78, 5) is 4.39. The highest BCUT2D eigenvalue weighted by molar-refractivity contribution is 7.90. The Morgan fingerprint density at radius 2 is 1.63 bits per heavy atom. The smallest absolute Gasteiger partial charge is 0.274 e. The summed E-state index contributed by atoms with van der Waals surface area (Å²) in [5.74, 6) is -0.373. The van der Waals surface area contributed by atoms with E-state index in [-0.39, 0.29) is 36.5 Å². The van der Waals surface area contributed by atoms with Crippen molar-refractivity contribution in [3.05, 3.63) is 100 Å². The van der Waals surface area contributed by atoms with Crippen LogP contribution in [0.15, 0.2) is 93.9 Å². The number of hydrogen-bond acceptors (Lipinski definition) is 7. The maximum atomic E-state index is 13.4. The molecule has 1 heterocycles. The standard InChI is InChI=1S/C26H28Cl2N6O5S2/c1-39-17-22(32-41(29,37)38)15-30-26(33-40(35,36)23-13-11-21(28)12-14-23)34-16-24(18-5-3-2-4-6-18)25(31-34)19-7-9-20(27)10-8-19/h2-14,22,24,32H,15-17H2,1H3,(H,30,33)(H2,29,37,38)/t22?,24-/m0/s1. The molecule has 11 nitrogen and oxygen atoms in total. The molecule has 1 unspecified atom stereocenters. The van der Waals surface area contributed by atoms with Crippen molar-refractivity contribution in [1.29, 1.82) is 0 Å². The van der Waals surface area contributed by atoms with E-state index in [0.717, 1.165) is 11.1 Å². The number of nitrogens with zero attached hydrogens (tertiary/aromatic N) is 3. The van der Waals surface area contributed by atoms with Gasteiger partial charge in [0.25, 0.3) is 20.2 Å². The number of guanidine groups is 1. The minimum atomic E-state index is -4.14. The molecule has 0 spiro atoms. The lowest BCUT2D eigenvalue weighted by atomic mass is 9.91. The Bertz CT molecular complexity index is 1620. The van der Waals surface area contributed by atoms with Crippen LogP contribution in [0.25, 0.3) is 0 Å². The van der Waals surface area contributed by atoms with Gasteiger partial charge < -0.3 is 4.74 Å². The summed E-state index contributed by atoms with van der Waals surface area (Å²) in [6, 6.07) is 21.5. The van der Waals surface area contributed by atoms with Gasteiger partial charge in [-0.3, -0.25) is 0 Å². The normalized spacial score (nSPS) is 16.9. The molecular formula is C26H28Cl2N6O5S2. The van der Waals surface area contributed by atoms with Crippen LogP contribution in [0.1, 0.15) is 17.0 Å². The Kier molecular flexibility index (Phi) is 10.0. The SMILES string of the molecule is COCC(CN=C(NS(=O)(=O)c1ccc(Cl)cc1)N1C[C@@H](c2ccccc2)C(c2ccc(Cl)cc2)=N1)NS(N)(=O)=O. The lowest BCUT2D eigenvalue weighted by Crippen LogP contribution is -2.45. The number of halogens is 2. The van der Waals surface area contributed by atoms with Gasteiger partial charge in [-0.1, -0.05) is 65.7 Å². The van der Waals surface area contributed by atoms with Crippen LogP contribution in [0.4, 0.5) is 0 Å². The van der Waals surface area contributed by atoms with Gasteiger partial charge in [0.1, 0.15) is 0 Å². The number of aliphatic imine (C=N–C) groups is 1. The van der Waals surface area contributed by atoms with Gasteiger partial charge >= 0.3 is 0 Å². The molecule has 0 aromatic heterocycles. The highest BCUT2D eigenvalue weighted by atomic mass is 35.5. The average molecular weight is 640 g/mol. The number of hydrogen-bond donors (Lipinski definition) is 3. The number of ether oxygens (including phenoxy) is 1. The highest BCUT2D eigenvalue weighted by Gasteiger charge is 2.33.